The standard InChI is InChI=1S/C21H26ClN3O5S/c1-14(2)21(27)25-9-7-16(8-10-25)24-20(26)15-5-6-18(22)19(12-15)31(28,29)23-13-17-4-3-11-30-17/h3-6,11-12,14,16,23H,7-10,13H2,1-2H3,(H,24,26). The minimum Gasteiger partial charge on any atom is -0.468 e. The second kappa shape index (κ2) is 9.84. The van der Waals surface area contributed by atoms with Gasteiger partial charge in [0.1, 0.15) is 10.7 Å². The van der Waals surface area contributed by atoms with Gasteiger partial charge in [0.05, 0.1) is 17.8 Å². The number of carbonyl (C=O) groups excluding carboxylic acids is 2. The van der Waals surface area contributed by atoms with Gasteiger partial charge in [-0.3, -0.25) is 9.59 Å². The van der Waals surface area contributed by atoms with Gasteiger partial charge in [-0.05, 0) is 43.2 Å². The molecule has 2 aromatic rings. The topological polar surface area (TPSA) is 109 Å². The molecule has 0 saturated carbocycles. The highest BCUT2D eigenvalue weighted by Crippen LogP contribution is 2.23. The van der Waals surface area contributed by atoms with Crippen molar-refractivity contribution in [2.75, 3.05) is 13.1 Å². The lowest BCUT2D eigenvalue weighted by atomic mass is 10.0. The second-order valence-corrected chi connectivity index (χ2v) is 9.92. The zero-order chi connectivity index (χ0) is 22.6. The first-order chi connectivity index (χ1) is 14.7. The predicted molar refractivity (Wildman–Crippen MR) is 116 cm³/mol. The molecule has 31 heavy (non-hydrogen) atoms. The van der Waals surface area contributed by atoms with Crippen molar-refractivity contribution in [3.63, 3.8) is 0 Å². The molecule has 0 radical (unpaired) electrons. The summed E-state index contributed by atoms with van der Waals surface area (Å²) in [5.41, 5.74) is 0.198. The lowest BCUT2D eigenvalue weighted by Gasteiger charge is -2.33. The first-order valence-electron chi connectivity index (χ1n) is 10.1. The lowest BCUT2D eigenvalue weighted by Crippen LogP contribution is -2.47. The average molecular weight is 468 g/mol. The van der Waals surface area contributed by atoms with Gasteiger partial charge in [-0.1, -0.05) is 25.4 Å². The van der Waals surface area contributed by atoms with Gasteiger partial charge in [0, 0.05) is 30.6 Å². The van der Waals surface area contributed by atoms with Crippen LogP contribution in [0.3, 0.4) is 0 Å². The maximum atomic E-state index is 12.7. The van der Waals surface area contributed by atoms with Crippen LogP contribution in [0.4, 0.5) is 0 Å². The molecule has 1 aromatic heterocycles. The van der Waals surface area contributed by atoms with Crippen LogP contribution in [0.1, 0.15) is 42.8 Å². The van der Waals surface area contributed by atoms with E-state index in [2.05, 4.69) is 10.0 Å². The molecule has 0 unspecified atom stereocenters. The van der Waals surface area contributed by atoms with Gasteiger partial charge < -0.3 is 14.6 Å². The molecule has 1 aliphatic heterocycles. The molecule has 1 saturated heterocycles. The van der Waals surface area contributed by atoms with Crippen LogP contribution in [0.25, 0.3) is 0 Å². The van der Waals surface area contributed by atoms with Crippen LogP contribution < -0.4 is 10.0 Å². The van der Waals surface area contributed by atoms with E-state index in [0.717, 1.165) is 0 Å². The summed E-state index contributed by atoms with van der Waals surface area (Å²) in [6.45, 7) is 4.87. The summed E-state index contributed by atoms with van der Waals surface area (Å²) in [5.74, 6) is 0.130. The number of halogens is 1. The smallest absolute Gasteiger partial charge is 0.251 e. The second-order valence-electron chi connectivity index (χ2n) is 7.78. The Hall–Kier alpha value is -2.36. The number of benzene rings is 1. The quantitative estimate of drug-likeness (QED) is 0.650. The van der Waals surface area contributed by atoms with Crippen molar-refractivity contribution in [1.29, 1.82) is 0 Å². The third-order valence-corrected chi connectivity index (χ3v) is 7.02. The summed E-state index contributed by atoms with van der Waals surface area (Å²) in [5, 5.41) is 2.94. The Labute approximate surface area is 187 Å². The lowest BCUT2D eigenvalue weighted by molar-refractivity contribution is -0.135. The average Bonchev–Trinajstić information content (AvgIpc) is 3.26. The number of sulfonamides is 1. The van der Waals surface area contributed by atoms with Crippen molar-refractivity contribution in [2.24, 2.45) is 5.92 Å². The molecule has 3 rings (SSSR count). The maximum Gasteiger partial charge on any atom is 0.251 e. The van der Waals surface area contributed by atoms with Crippen molar-refractivity contribution in [2.45, 2.75) is 44.2 Å². The van der Waals surface area contributed by atoms with Crippen LogP contribution in [0.15, 0.2) is 45.9 Å². The number of furan rings is 1. The fourth-order valence-electron chi connectivity index (χ4n) is 3.39. The highest BCUT2D eigenvalue weighted by Gasteiger charge is 2.26. The van der Waals surface area contributed by atoms with Crippen LogP contribution in [0.2, 0.25) is 5.02 Å². The van der Waals surface area contributed by atoms with Gasteiger partial charge in [0.25, 0.3) is 5.91 Å². The molecule has 0 spiro atoms. The highest BCUT2D eigenvalue weighted by atomic mass is 35.5. The molecule has 0 atom stereocenters. The third kappa shape index (κ3) is 5.87. The van der Waals surface area contributed by atoms with Gasteiger partial charge in [-0.25, -0.2) is 13.1 Å². The minimum atomic E-state index is -3.95. The molecule has 1 aromatic carbocycles. The number of nitrogens with zero attached hydrogens (tertiary/aromatic N) is 1. The predicted octanol–water partition coefficient (Wildman–Crippen LogP) is 2.79. The molecule has 0 bridgehead atoms. The van der Waals surface area contributed by atoms with Crippen molar-refractivity contribution in [1.82, 2.24) is 14.9 Å². The van der Waals surface area contributed by atoms with E-state index in [-0.39, 0.29) is 45.8 Å². The summed E-state index contributed by atoms with van der Waals surface area (Å²) in [6, 6.07) is 7.36. The van der Waals surface area contributed by atoms with E-state index in [9.17, 15) is 18.0 Å². The molecule has 1 aliphatic rings. The Morgan fingerprint density at radius 1 is 1.23 bits per heavy atom. The van der Waals surface area contributed by atoms with Crippen LogP contribution in [0.5, 0.6) is 0 Å². The number of amides is 2. The van der Waals surface area contributed by atoms with Gasteiger partial charge in [0.15, 0.2) is 0 Å². The molecule has 8 nitrogen and oxygen atoms in total. The number of nitrogens with one attached hydrogen (secondary N) is 2. The maximum absolute atomic E-state index is 12.7. The molecule has 168 valence electrons. The van der Waals surface area contributed by atoms with E-state index in [1.54, 1.807) is 12.1 Å². The Morgan fingerprint density at radius 3 is 2.55 bits per heavy atom. The Kier molecular flexibility index (Phi) is 7.40. The molecule has 2 amide bonds. The summed E-state index contributed by atoms with van der Waals surface area (Å²) in [4.78, 5) is 26.4. The van der Waals surface area contributed by atoms with Crippen molar-refractivity contribution in [3.8, 4) is 0 Å². The fraction of sp³-hybridized carbons (Fsp3) is 0.429. The molecule has 0 aliphatic carbocycles. The van der Waals surface area contributed by atoms with Crippen LogP contribution in [-0.2, 0) is 21.4 Å². The number of likely N-dealkylation sites (tertiary alicyclic amines) is 1. The normalized spacial score (nSPS) is 15.3. The van der Waals surface area contributed by atoms with Crippen LogP contribution in [0, 0.1) is 5.92 Å². The third-order valence-electron chi connectivity index (χ3n) is 5.14. The number of hydrogen-bond acceptors (Lipinski definition) is 5. The van der Waals surface area contributed by atoms with E-state index in [4.69, 9.17) is 16.0 Å². The van der Waals surface area contributed by atoms with Gasteiger partial charge in [0.2, 0.25) is 15.9 Å². The monoisotopic (exact) mass is 467 g/mol. The number of rotatable bonds is 7. The van der Waals surface area contributed by atoms with Crippen molar-refractivity contribution >= 4 is 33.4 Å². The first kappa shape index (κ1) is 23.3. The fourth-order valence-corrected chi connectivity index (χ4v) is 4.90. The zero-order valence-electron chi connectivity index (χ0n) is 17.4. The molecule has 1 fully saturated rings. The molecule has 2 N–H and O–H groups in total. The number of hydrogen-bond donors (Lipinski definition) is 2. The summed E-state index contributed by atoms with van der Waals surface area (Å²) in [6.07, 6.45) is 2.74. The van der Waals surface area contributed by atoms with E-state index in [0.29, 0.717) is 31.7 Å². The Morgan fingerprint density at radius 2 is 1.94 bits per heavy atom. The largest absolute Gasteiger partial charge is 0.468 e. The summed E-state index contributed by atoms with van der Waals surface area (Å²) >= 11 is 6.10. The number of piperidine rings is 1. The van der Waals surface area contributed by atoms with E-state index in [1.165, 1.54) is 24.5 Å². The SMILES string of the molecule is CC(C)C(=O)N1CCC(NC(=O)c2ccc(Cl)c(S(=O)(=O)NCc3ccco3)c2)CC1. The minimum absolute atomic E-state index is 0.0176. The zero-order valence-corrected chi connectivity index (χ0v) is 19.0. The van der Waals surface area contributed by atoms with E-state index >= 15 is 0 Å². The molecular formula is C21H26ClN3O5S. The molecular weight excluding hydrogens is 442 g/mol. The van der Waals surface area contributed by atoms with Crippen molar-refractivity contribution < 1.29 is 22.4 Å². The van der Waals surface area contributed by atoms with Crippen LogP contribution >= 0.6 is 11.6 Å². The highest BCUT2D eigenvalue weighted by molar-refractivity contribution is 7.89. The van der Waals surface area contributed by atoms with Gasteiger partial charge in [-0.2, -0.15) is 0 Å². The number of carbonyl (C=O) groups is 2. The molecule has 10 heteroatoms. The molecule has 2 heterocycles. The van der Waals surface area contributed by atoms with Crippen LogP contribution in [-0.4, -0.2) is 44.3 Å². The summed E-state index contributed by atoms with van der Waals surface area (Å²) in [7, 11) is -3.95. The van der Waals surface area contributed by atoms with Gasteiger partial charge in [-0.15, -0.1) is 0 Å². The van der Waals surface area contributed by atoms with Gasteiger partial charge >= 0.3 is 0 Å². The Balaban J connectivity index is 1.64. The van der Waals surface area contributed by atoms with E-state index < -0.39 is 10.0 Å². The first-order valence-corrected chi connectivity index (χ1v) is 11.9. The summed E-state index contributed by atoms with van der Waals surface area (Å²) < 4.78 is 32.9. The Bertz CT molecular complexity index is 1030. The van der Waals surface area contributed by atoms with E-state index in [1.807, 2.05) is 18.7 Å². The van der Waals surface area contributed by atoms with Crippen molar-refractivity contribution in [3.05, 3.63) is 52.9 Å².